The molecule has 1 N–H and O–H groups in total. The predicted octanol–water partition coefficient (Wildman–Crippen LogP) is 2.76. The highest BCUT2D eigenvalue weighted by atomic mass is 35.5. The number of carboxylic acid groups (broad SMARTS) is 1. The van der Waals surface area contributed by atoms with Crippen LogP contribution in [0, 0.1) is 0 Å². The van der Waals surface area contributed by atoms with Crippen molar-refractivity contribution in [3.8, 4) is 11.6 Å². The van der Waals surface area contributed by atoms with Crippen LogP contribution in [0.5, 0.6) is 0 Å². The molecule has 0 amide bonds. The van der Waals surface area contributed by atoms with E-state index in [4.69, 9.17) is 16.0 Å². The van der Waals surface area contributed by atoms with Crippen LogP contribution in [0.15, 0.2) is 22.7 Å². The maximum absolute atomic E-state index is 11.3. The molecule has 2 aromatic heterocycles. The van der Waals surface area contributed by atoms with Crippen LogP contribution in [-0.2, 0) is 11.2 Å². The zero-order valence-corrected chi connectivity index (χ0v) is 10.2. The first-order valence-corrected chi connectivity index (χ1v) is 6.09. The third-order valence-electron chi connectivity index (χ3n) is 3.17. The molecular formula is C12H11ClN2O3. The van der Waals surface area contributed by atoms with E-state index in [1.165, 1.54) is 0 Å². The van der Waals surface area contributed by atoms with Crippen molar-refractivity contribution in [2.24, 2.45) is 0 Å². The number of fused-ring (bicyclic) bond motifs is 1. The van der Waals surface area contributed by atoms with Gasteiger partial charge in [-0.25, -0.2) is 9.78 Å². The van der Waals surface area contributed by atoms with Crippen LogP contribution >= 0.6 is 11.6 Å². The number of carbonyl (C=O) groups is 1. The quantitative estimate of drug-likeness (QED) is 0.907. The lowest BCUT2D eigenvalue weighted by molar-refractivity contribution is -0.141. The van der Waals surface area contributed by atoms with Gasteiger partial charge in [0.15, 0.2) is 16.8 Å². The minimum absolute atomic E-state index is 0.269. The first-order valence-electron chi connectivity index (χ1n) is 5.71. The minimum atomic E-state index is -0.840. The molecule has 0 bridgehead atoms. The predicted molar refractivity (Wildman–Crippen MR) is 64.5 cm³/mol. The molecule has 0 radical (unpaired) electrons. The molecule has 2 aromatic rings. The largest absolute Gasteiger partial charge is 0.480 e. The van der Waals surface area contributed by atoms with E-state index in [0.717, 1.165) is 18.5 Å². The molecule has 3 rings (SSSR count). The Labute approximate surface area is 108 Å². The molecule has 0 aliphatic carbocycles. The zero-order chi connectivity index (χ0) is 12.7. The average molecular weight is 267 g/mol. The van der Waals surface area contributed by atoms with E-state index in [-0.39, 0.29) is 5.22 Å². The number of furan rings is 1. The van der Waals surface area contributed by atoms with E-state index in [1.54, 1.807) is 22.9 Å². The van der Waals surface area contributed by atoms with Gasteiger partial charge < -0.3 is 14.1 Å². The van der Waals surface area contributed by atoms with E-state index in [0.29, 0.717) is 18.0 Å². The molecule has 1 atom stereocenters. The molecule has 0 spiro atoms. The summed E-state index contributed by atoms with van der Waals surface area (Å²) in [4.78, 5) is 15.6. The molecule has 1 aliphatic rings. The third-order valence-corrected chi connectivity index (χ3v) is 3.38. The maximum atomic E-state index is 11.3. The molecule has 1 aliphatic heterocycles. The molecule has 6 heteroatoms. The fraction of sp³-hybridized carbons (Fsp3) is 0.333. The monoisotopic (exact) mass is 266 g/mol. The molecule has 18 heavy (non-hydrogen) atoms. The number of aromatic nitrogens is 2. The molecule has 5 nitrogen and oxygen atoms in total. The summed E-state index contributed by atoms with van der Waals surface area (Å²) in [5.41, 5.74) is 0.927. The summed E-state index contributed by atoms with van der Waals surface area (Å²) in [6.07, 6.45) is 4.02. The van der Waals surface area contributed by atoms with E-state index >= 15 is 0 Å². The van der Waals surface area contributed by atoms with E-state index < -0.39 is 12.0 Å². The maximum Gasteiger partial charge on any atom is 0.326 e. The van der Waals surface area contributed by atoms with Gasteiger partial charge >= 0.3 is 5.97 Å². The highest BCUT2D eigenvalue weighted by Gasteiger charge is 2.29. The second kappa shape index (κ2) is 4.17. The summed E-state index contributed by atoms with van der Waals surface area (Å²) in [7, 11) is 0. The summed E-state index contributed by atoms with van der Waals surface area (Å²) in [6.45, 7) is 0. The number of aryl methyl sites for hydroxylation is 1. The smallest absolute Gasteiger partial charge is 0.326 e. The van der Waals surface area contributed by atoms with Gasteiger partial charge in [-0.3, -0.25) is 0 Å². The van der Waals surface area contributed by atoms with Gasteiger partial charge in [0.25, 0.3) is 0 Å². The van der Waals surface area contributed by atoms with Crippen LogP contribution in [0.1, 0.15) is 24.6 Å². The standard InChI is InChI=1S/C12H11ClN2O3/c13-10-5-4-9(18-10)11-14-6-7-2-1-3-8(12(16)17)15(7)11/h4-6,8H,1-3H2,(H,16,17). The van der Waals surface area contributed by atoms with Crippen molar-refractivity contribution in [3.63, 3.8) is 0 Å². The van der Waals surface area contributed by atoms with Gasteiger partial charge in [0, 0.05) is 11.9 Å². The second-order valence-corrected chi connectivity index (χ2v) is 4.67. The first-order chi connectivity index (χ1) is 8.66. The number of imidazole rings is 1. The van der Waals surface area contributed by atoms with Gasteiger partial charge in [-0.2, -0.15) is 0 Å². The molecular weight excluding hydrogens is 256 g/mol. The molecule has 0 saturated heterocycles. The summed E-state index contributed by atoms with van der Waals surface area (Å²) in [5, 5.41) is 9.54. The van der Waals surface area contributed by atoms with E-state index in [9.17, 15) is 9.90 Å². The van der Waals surface area contributed by atoms with Crippen LogP contribution in [0.3, 0.4) is 0 Å². The Morgan fingerprint density at radius 3 is 3.06 bits per heavy atom. The molecule has 3 heterocycles. The zero-order valence-electron chi connectivity index (χ0n) is 9.47. The number of nitrogens with zero attached hydrogens (tertiary/aromatic N) is 2. The Hall–Kier alpha value is -1.75. The molecule has 0 fully saturated rings. The van der Waals surface area contributed by atoms with Crippen molar-refractivity contribution >= 4 is 17.6 Å². The summed E-state index contributed by atoms with van der Waals surface area (Å²) in [5.74, 6) is 0.191. The third kappa shape index (κ3) is 1.71. The topological polar surface area (TPSA) is 68.3 Å². The van der Waals surface area contributed by atoms with Gasteiger partial charge in [-0.1, -0.05) is 0 Å². The Morgan fingerprint density at radius 1 is 1.56 bits per heavy atom. The highest BCUT2D eigenvalue weighted by Crippen LogP contribution is 2.32. The normalized spacial score (nSPS) is 18.6. The number of hydrogen-bond donors (Lipinski definition) is 1. The Kier molecular flexibility index (Phi) is 2.63. The van der Waals surface area contributed by atoms with Crippen LogP contribution < -0.4 is 0 Å². The number of hydrogen-bond acceptors (Lipinski definition) is 3. The Balaban J connectivity index is 2.12. The first kappa shape index (κ1) is 11.3. The van der Waals surface area contributed by atoms with E-state index in [1.807, 2.05) is 0 Å². The fourth-order valence-corrected chi connectivity index (χ4v) is 2.53. The lowest BCUT2D eigenvalue weighted by atomic mass is 10.0. The second-order valence-electron chi connectivity index (χ2n) is 4.29. The Bertz CT molecular complexity index is 602. The van der Waals surface area contributed by atoms with Crippen LogP contribution in [0.25, 0.3) is 11.6 Å². The minimum Gasteiger partial charge on any atom is -0.480 e. The van der Waals surface area contributed by atoms with Gasteiger partial charge in [0.2, 0.25) is 0 Å². The number of halogens is 1. The van der Waals surface area contributed by atoms with Gasteiger partial charge in [-0.15, -0.1) is 0 Å². The van der Waals surface area contributed by atoms with Crippen LogP contribution in [0.4, 0.5) is 0 Å². The number of aliphatic carboxylic acids is 1. The lowest BCUT2D eigenvalue weighted by Gasteiger charge is -2.23. The summed E-state index contributed by atoms with van der Waals surface area (Å²) < 4.78 is 7.05. The lowest BCUT2D eigenvalue weighted by Crippen LogP contribution is -2.25. The van der Waals surface area contributed by atoms with Gasteiger partial charge in [0.1, 0.15) is 6.04 Å². The SMILES string of the molecule is O=C(O)C1CCCc2cnc(-c3ccc(Cl)o3)n21. The molecule has 1 unspecified atom stereocenters. The van der Waals surface area contributed by atoms with Crippen molar-refractivity contribution < 1.29 is 14.3 Å². The molecule has 94 valence electrons. The molecule has 0 aromatic carbocycles. The highest BCUT2D eigenvalue weighted by molar-refractivity contribution is 6.28. The Morgan fingerprint density at radius 2 is 2.39 bits per heavy atom. The summed E-state index contributed by atoms with van der Waals surface area (Å²) in [6, 6.07) is 2.75. The van der Waals surface area contributed by atoms with Crippen LogP contribution in [0.2, 0.25) is 5.22 Å². The number of carboxylic acids is 1. The van der Waals surface area contributed by atoms with Crippen molar-refractivity contribution in [2.75, 3.05) is 0 Å². The average Bonchev–Trinajstić information content (AvgIpc) is 2.94. The summed E-state index contributed by atoms with van der Waals surface area (Å²) >= 11 is 5.74. The van der Waals surface area contributed by atoms with Gasteiger partial charge in [-0.05, 0) is 43.0 Å². The van der Waals surface area contributed by atoms with Crippen molar-refractivity contribution in [1.82, 2.24) is 9.55 Å². The van der Waals surface area contributed by atoms with Crippen molar-refractivity contribution in [2.45, 2.75) is 25.3 Å². The molecule has 0 saturated carbocycles. The fourth-order valence-electron chi connectivity index (χ4n) is 2.39. The van der Waals surface area contributed by atoms with Crippen LogP contribution in [-0.4, -0.2) is 20.6 Å². The van der Waals surface area contributed by atoms with Gasteiger partial charge in [0.05, 0.1) is 0 Å². The van der Waals surface area contributed by atoms with E-state index in [2.05, 4.69) is 4.98 Å². The number of rotatable bonds is 2. The van der Waals surface area contributed by atoms with Crippen molar-refractivity contribution in [3.05, 3.63) is 29.2 Å². The van der Waals surface area contributed by atoms with Crippen molar-refractivity contribution in [1.29, 1.82) is 0 Å².